The molecule has 0 fully saturated rings. The molecule has 1 atom stereocenters. The van der Waals surface area contributed by atoms with Crippen molar-refractivity contribution >= 4 is 17.3 Å². The Labute approximate surface area is 130 Å². The number of benzene rings is 2. The minimum absolute atomic E-state index is 0.266. The number of aryl methyl sites for hydroxylation is 2. The summed E-state index contributed by atoms with van der Waals surface area (Å²) in [7, 11) is 1.65. The van der Waals surface area contributed by atoms with E-state index in [1.54, 1.807) is 19.2 Å². The van der Waals surface area contributed by atoms with Crippen molar-refractivity contribution in [1.82, 2.24) is 5.43 Å². The predicted molar refractivity (Wildman–Crippen MR) is 87.5 cm³/mol. The molecule has 2 aromatic rings. The summed E-state index contributed by atoms with van der Waals surface area (Å²) in [4.78, 5) is 0. The molecule has 4 nitrogen and oxygen atoms in total. The SMILES string of the molecule is COc1cc(C)cc(C)c1C(NN)c1ccc(Cl)cc1N. The molecule has 0 heterocycles. The zero-order valence-electron chi connectivity index (χ0n) is 12.4. The van der Waals surface area contributed by atoms with Gasteiger partial charge in [0.15, 0.2) is 0 Å². The molecular formula is C16H20ClN3O. The van der Waals surface area contributed by atoms with Crippen LogP contribution in [0.5, 0.6) is 5.75 Å². The first-order chi connectivity index (χ1) is 9.97. The molecule has 5 N–H and O–H groups in total. The number of halogens is 1. The second-order valence-corrected chi connectivity index (χ2v) is 5.51. The summed E-state index contributed by atoms with van der Waals surface area (Å²) in [6.45, 7) is 4.06. The van der Waals surface area contributed by atoms with Crippen LogP contribution in [0.4, 0.5) is 5.69 Å². The molecule has 0 saturated carbocycles. The molecule has 0 amide bonds. The lowest BCUT2D eigenvalue weighted by molar-refractivity contribution is 0.403. The van der Waals surface area contributed by atoms with Crippen LogP contribution in [0.25, 0.3) is 0 Å². The average molecular weight is 306 g/mol. The quantitative estimate of drug-likeness (QED) is 0.461. The Morgan fingerprint density at radius 3 is 2.48 bits per heavy atom. The van der Waals surface area contributed by atoms with Gasteiger partial charge in [0, 0.05) is 16.3 Å². The summed E-state index contributed by atoms with van der Waals surface area (Å²) in [5.41, 5.74) is 13.6. The Morgan fingerprint density at radius 2 is 1.90 bits per heavy atom. The maximum Gasteiger partial charge on any atom is 0.124 e. The Bertz CT molecular complexity index is 658. The third-order valence-corrected chi connectivity index (χ3v) is 3.76. The van der Waals surface area contributed by atoms with E-state index in [1.165, 1.54) is 0 Å². The van der Waals surface area contributed by atoms with E-state index in [1.807, 2.05) is 26.0 Å². The smallest absolute Gasteiger partial charge is 0.124 e. The van der Waals surface area contributed by atoms with Gasteiger partial charge in [-0.2, -0.15) is 0 Å². The van der Waals surface area contributed by atoms with Gasteiger partial charge in [-0.15, -0.1) is 0 Å². The standard InChI is InChI=1S/C16H20ClN3O/c1-9-6-10(2)15(14(7-9)21-3)16(20-19)12-5-4-11(17)8-13(12)18/h4-8,16,20H,18-19H2,1-3H3. The van der Waals surface area contributed by atoms with Crippen molar-refractivity contribution in [3.8, 4) is 5.75 Å². The molecule has 0 radical (unpaired) electrons. The van der Waals surface area contributed by atoms with Crippen molar-refractivity contribution in [3.63, 3.8) is 0 Å². The van der Waals surface area contributed by atoms with E-state index in [2.05, 4.69) is 11.5 Å². The first-order valence-electron chi connectivity index (χ1n) is 6.64. The van der Waals surface area contributed by atoms with E-state index in [4.69, 9.17) is 27.9 Å². The van der Waals surface area contributed by atoms with Crippen LogP contribution in [-0.4, -0.2) is 7.11 Å². The summed E-state index contributed by atoms with van der Waals surface area (Å²) in [6, 6.07) is 9.21. The highest BCUT2D eigenvalue weighted by Gasteiger charge is 2.21. The van der Waals surface area contributed by atoms with Gasteiger partial charge in [-0.1, -0.05) is 23.7 Å². The fraction of sp³-hybridized carbons (Fsp3) is 0.250. The van der Waals surface area contributed by atoms with Crippen molar-refractivity contribution < 1.29 is 4.74 Å². The molecule has 0 aliphatic rings. The van der Waals surface area contributed by atoms with Crippen LogP contribution < -0.4 is 21.7 Å². The number of rotatable bonds is 4. The lowest BCUT2D eigenvalue weighted by Gasteiger charge is -2.23. The second-order valence-electron chi connectivity index (χ2n) is 5.07. The normalized spacial score (nSPS) is 12.2. The lowest BCUT2D eigenvalue weighted by Crippen LogP contribution is -2.30. The van der Waals surface area contributed by atoms with Gasteiger partial charge in [0.05, 0.1) is 13.2 Å². The van der Waals surface area contributed by atoms with E-state index >= 15 is 0 Å². The zero-order valence-corrected chi connectivity index (χ0v) is 13.2. The topological polar surface area (TPSA) is 73.3 Å². The van der Waals surface area contributed by atoms with Crippen molar-refractivity contribution in [3.05, 3.63) is 57.6 Å². The Balaban J connectivity index is 2.61. The van der Waals surface area contributed by atoms with E-state index in [0.29, 0.717) is 10.7 Å². The molecule has 0 aromatic heterocycles. The Kier molecular flexibility index (Phi) is 4.73. The number of hydrogen-bond acceptors (Lipinski definition) is 4. The van der Waals surface area contributed by atoms with E-state index in [0.717, 1.165) is 28.0 Å². The highest BCUT2D eigenvalue weighted by Crippen LogP contribution is 2.36. The molecule has 1 unspecified atom stereocenters. The van der Waals surface area contributed by atoms with Crippen LogP contribution in [0.1, 0.15) is 28.3 Å². The number of hydrogen-bond donors (Lipinski definition) is 3. The van der Waals surface area contributed by atoms with Gasteiger partial charge in [-0.05, 0) is 48.7 Å². The van der Waals surface area contributed by atoms with Crippen LogP contribution in [0.3, 0.4) is 0 Å². The highest BCUT2D eigenvalue weighted by molar-refractivity contribution is 6.30. The Morgan fingerprint density at radius 1 is 1.19 bits per heavy atom. The third-order valence-electron chi connectivity index (χ3n) is 3.53. The van der Waals surface area contributed by atoms with Crippen LogP contribution in [0.15, 0.2) is 30.3 Å². The molecule has 0 spiro atoms. The van der Waals surface area contributed by atoms with Crippen LogP contribution in [0.2, 0.25) is 5.02 Å². The van der Waals surface area contributed by atoms with Crippen molar-refractivity contribution in [2.75, 3.05) is 12.8 Å². The molecule has 0 bridgehead atoms. The van der Waals surface area contributed by atoms with Crippen molar-refractivity contribution in [2.24, 2.45) is 5.84 Å². The van der Waals surface area contributed by atoms with E-state index < -0.39 is 0 Å². The maximum absolute atomic E-state index is 6.09. The van der Waals surface area contributed by atoms with Gasteiger partial charge in [0.1, 0.15) is 5.75 Å². The van der Waals surface area contributed by atoms with Crippen molar-refractivity contribution in [2.45, 2.75) is 19.9 Å². The maximum atomic E-state index is 6.09. The number of hydrazine groups is 1. The number of anilines is 1. The van der Waals surface area contributed by atoms with Crippen LogP contribution in [-0.2, 0) is 0 Å². The second kappa shape index (κ2) is 6.35. The first kappa shape index (κ1) is 15.6. The average Bonchev–Trinajstić information content (AvgIpc) is 2.42. The largest absolute Gasteiger partial charge is 0.496 e. The zero-order chi connectivity index (χ0) is 15.6. The molecule has 0 aliphatic carbocycles. The molecule has 2 rings (SSSR count). The minimum Gasteiger partial charge on any atom is -0.496 e. The number of nitrogen functional groups attached to an aromatic ring is 1. The monoisotopic (exact) mass is 305 g/mol. The predicted octanol–water partition coefficient (Wildman–Crippen LogP) is 3.10. The third kappa shape index (κ3) is 3.13. The lowest BCUT2D eigenvalue weighted by atomic mass is 9.92. The molecule has 0 aliphatic heterocycles. The number of nitrogens with two attached hydrogens (primary N) is 2. The summed E-state index contributed by atoms with van der Waals surface area (Å²) in [5.74, 6) is 6.56. The highest BCUT2D eigenvalue weighted by atomic mass is 35.5. The molecular weight excluding hydrogens is 286 g/mol. The Hall–Kier alpha value is -1.75. The molecule has 2 aromatic carbocycles. The summed E-state index contributed by atoms with van der Waals surface area (Å²) in [6.07, 6.45) is 0. The van der Waals surface area contributed by atoms with Gasteiger partial charge < -0.3 is 10.5 Å². The fourth-order valence-corrected chi connectivity index (χ4v) is 2.80. The molecule has 21 heavy (non-hydrogen) atoms. The number of methoxy groups -OCH3 is 1. The first-order valence-corrected chi connectivity index (χ1v) is 7.02. The molecule has 5 heteroatoms. The summed E-state index contributed by atoms with van der Waals surface area (Å²) < 4.78 is 5.51. The van der Waals surface area contributed by atoms with Crippen LogP contribution in [0, 0.1) is 13.8 Å². The van der Waals surface area contributed by atoms with Crippen molar-refractivity contribution in [1.29, 1.82) is 0 Å². The van der Waals surface area contributed by atoms with Gasteiger partial charge in [-0.25, -0.2) is 5.43 Å². The fourth-order valence-electron chi connectivity index (χ4n) is 2.62. The van der Waals surface area contributed by atoms with Gasteiger partial charge >= 0.3 is 0 Å². The molecule has 0 saturated heterocycles. The van der Waals surface area contributed by atoms with Gasteiger partial charge in [0.2, 0.25) is 0 Å². The number of ether oxygens (including phenoxy) is 1. The van der Waals surface area contributed by atoms with Gasteiger partial charge in [-0.3, -0.25) is 5.84 Å². The number of nitrogens with one attached hydrogen (secondary N) is 1. The van der Waals surface area contributed by atoms with Gasteiger partial charge in [0.25, 0.3) is 0 Å². The minimum atomic E-state index is -0.266. The van der Waals surface area contributed by atoms with Crippen LogP contribution >= 0.6 is 11.6 Å². The molecule has 112 valence electrons. The van der Waals surface area contributed by atoms with E-state index in [9.17, 15) is 0 Å². The summed E-state index contributed by atoms with van der Waals surface area (Å²) in [5, 5.41) is 0.597. The van der Waals surface area contributed by atoms with E-state index in [-0.39, 0.29) is 6.04 Å². The summed E-state index contributed by atoms with van der Waals surface area (Å²) >= 11 is 5.97.